The van der Waals surface area contributed by atoms with E-state index in [9.17, 15) is 40.5 Å². The molecule has 0 radical (unpaired) electrons. The molecule has 1 aromatic carbocycles. The van der Waals surface area contributed by atoms with Gasteiger partial charge in [-0.3, -0.25) is 4.79 Å². The number of benzene rings is 1. The molecule has 2 heterocycles. The summed E-state index contributed by atoms with van der Waals surface area (Å²) >= 11 is 0. The Labute approximate surface area is 188 Å². The smallest absolute Gasteiger partial charge is 0.229 e. The number of nitrogens with one attached hydrogen (secondary N) is 1. The first-order valence-electron chi connectivity index (χ1n) is 10.3. The van der Waals surface area contributed by atoms with Gasteiger partial charge >= 0.3 is 0 Å². The Hall–Kier alpha value is -1.91. The van der Waals surface area contributed by atoms with E-state index in [0.29, 0.717) is 5.69 Å². The predicted molar refractivity (Wildman–Crippen MR) is 108 cm³/mol. The number of rotatable bonds is 7. The Kier molecular flexibility index (Phi) is 8.58. The third-order valence-corrected chi connectivity index (χ3v) is 5.39. The summed E-state index contributed by atoms with van der Waals surface area (Å²) in [6, 6.07) is 6.10. The summed E-state index contributed by atoms with van der Waals surface area (Å²) in [6.07, 6.45) is -15.3. The van der Waals surface area contributed by atoms with Crippen LogP contribution in [0.3, 0.4) is 0 Å². The first-order chi connectivity index (χ1) is 15.7. The van der Waals surface area contributed by atoms with Crippen LogP contribution in [0.2, 0.25) is 0 Å². The molecule has 0 aromatic heterocycles. The van der Waals surface area contributed by atoms with E-state index in [2.05, 4.69) is 5.32 Å². The Morgan fingerprint density at radius 2 is 1.42 bits per heavy atom. The number of aliphatic hydroxyl groups is 7. The summed E-state index contributed by atoms with van der Waals surface area (Å²) in [5, 5.41) is 72.6. The maximum absolute atomic E-state index is 11.1. The molecular weight excluding hydrogens is 446 g/mol. The first kappa shape index (κ1) is 25.7. The van der Waals surface area contributed by atoms with Crippen molar-refractivity contribution in [1.29, 1.82) is 0 Å². The molecule has 0 bridgehead atoms. The quantitative estimate of drug-likeness (QED) is 0.195. The number of carbonyl (C=O) groups is 1. The normalized spacial score (nSPS) is 39.2. The second kappa shape index (κ2) is 11.0. The maximum atomic E-state index is 11.1. The van der Waals surface area contributed by atoms with Crippen LogP contribution in [0.15, 0.2) is 24.3 Å². The summed E-state index contributed by atoms with van der Waals surface area (Å²) < 4.78 is 21.8. The monoisotopic (exact) mass is 475 g/mol. The van der Waals surface area contributed by atoms with Gasteiger partial charge in [0.15, 0.2) is 6.29 Å². The molecule has 3 rings (SSSR count). The predicted octanol–water partition coefficient (Wildman–Crippen LogP) is -3.35. The molecule has 8 N–H and O–H groups in total. The van der Waals surface area contributed by atoms with Gasteiger partial charge in [0.25, 0.3) is 0 Å². The van der Waals surface area contributed by atoms with Crippen molar-refractivity contribution in [3.8, 4) is 5.75 Å². The fraction of sp³-hybridized carbons (Fsp3) is 0.650. The van der Waals surface area contributed by atoms with Crippen molar-refractivity contribution in [2.75, 3.05) is 18.5 Å². The average Bonchev–Trinajstić information content (AvgIpc) is 2.79. The van der Waals surface area contributed by atoms with Crippen molar-refractivity contribution in [3.05, 3.63) is 24.3 Å². The minimum atomic E-state index is -1.75. The summed E-state index contributed by atoms with van der Waals surface area (Å²) in [4.78, 5) is 11.1. The largest absolute Gasteiger partial charge is 0.462 e. The Morgan fingerprint density at radius 1 is 0.848 bits per heavy atom. The van der Waals surface area contributed by atoms with E-state index in [0.717, 1.165) is 0 Å². The lowest BCUT2D eigenvalue weighted by Gasteiger charge is -2.45. The van der Waals surface area contributed by atoms with Gasteiger partial charge in [-0.25, -0.2) is 0 Å². The highest BCUT2D eigenvalue weighted by atomic mass is 16.7. The first-order valence-corrected chi connectivity index (χ1v) is 10.3. The van der Waals surface area contributed by atoms with Gasteiger partial charge in [0.2, 0.25) is 12.2 Å². The highest BCUT2D eigenvalue weighted by Crippen LogP contribution is 2.30. The van der Waals surface area contributed by atoms with Crippen LogP contribution in [0.25, 0.3) is 0 Å². The number of carbonyl (C=O) groups excluding carboxylic acids is 1. The van der Waals surface area contributed by atoms with Gasteiger partial charge in [0.05, 0.1) is 13.2 Å². The fourth-order valence-electron chi connectivity index (χ4n) is 3.61. The molecular formula is C20H29NO12. The van der Waals surface area contributed by atoms with Crippen molar-refractivity contribution in [2.45, 2.75) is 68.3 Å². The zero-order valence-electron chi connectivity index (χ0n) is 17.7. The molecule has 33 heavy (non-hydrogen) atoms. The number of ether oxygens (including phenoxy) is 4. The molecule has 2 aliphatic heterocycles. The van der Waals surface area contributed by atoms with Crippen molar-refractivity contribution >= 4 is 11.6 Å². The van der Waals surface area contributed by atoms with Crippen LogP contribution < -0.4 is 10.1 Å². The molecule has 10 atom stereocenters. The number of hydrogen-bond acceptors (Lipinski definition) is 12. The van der Waals surface area contributed by atoms with E-state index in [-0.39, 0.29) is 11.7 Å². The number of amides is 1. The van der Waals surface area contributed by atoms with Crippen LogP contribution in [-0.4, -0.2) is 116 Å². The molecule has 4 unspecified atom stereocenters. The SMILES string of the molecule is CC(=O)Nc1ccc(O[C@H]2O[C@H](CO)[C@@H](O[C@@H]3O[C@H](CO)C(O)C(O)[C@H]3O)C(O)C2O)cc1. The highest BCUT2D eigenvalue weighted by molar-refractivity contribution is 5.88. The average molecular weight is 475 g/mol. The zero-order valence-corrected chi connectivity index (χ0v) is 17.7. The maximum Gasteiger partial charge on any atom is 0.229 e. The second-order valence-electron chi connectivity index (χ2n) is 7.83. The third kappa shape index (κ3) is 5.78. The summed E-state index contributed by atoms with van der Waals surface area (Å²) in [6.45, 7) is 0.000118. The summed E-state index contributed by atoms with van der Waals surface area (Å²) in [7, 11) is 0. The van der Waals surface area contributed by atoms with E-state index in [4.69, 9.17) is 18.9 Å². The number of hydrogen-bond donors (Lipinski definition) is 8. The van der Waals surface area contributed by atoms with Crippen molar-refractivity contribution in [2.24, 2.45) is 0 Å². The topological polar surface area (TPSA) is 208 Å². The lowest BCUT2D eigenvalue weighted by Crippen LogP contribution is -2.65. The van der Waals surface area contributed by atoms with E-state index in [1.165, 1.54) is 19.1 Å². The zero-order chi connectivity index (χ0) is 24.3. The van der Waals surface area contributed by atoms with Gasteiger partial charge in [-0.1, -0.05) is 0 Å². The van der Waals surface area contributed by atoms with Gasteiger partial charge in [-0.15, -0.1) is 0 Å². The van der Waals surface area contributed by atoms with Crippen LogP contribution >= 0.6 is 0 Å². The molecule has 1 aromatic rings. The molecule has 13 nitrogen and oxygen atoms in total. The van der Waals surface area contributed by atoms with Gasteiger partial charge in [0, 0.05) is 12.6 Å². The Bertz CT molecular complexity index is 775. The molecule has 2 saturated heterocycles. The summed E-state index contributed by atoms with van der Waals surface area (Å²) in [5.41, 5.74) is 0.515. The van der Waals surface area contributed by atoms with E-state index in [1.54, 1.807) is 12.1 Å². The second-order valence-corrected chi connectivity index (χ2v) is 7.83. The molecule has 2 aliphatic rings. The molecule has 2 fully saturated rings. The minimum Gasteiger partial charge on any atom is -0.462 e. The van der Waals surface area contributed by atoms with Crippen LogP contribution in [-0.2, 0) is 19.0 Å². The number of anilines is 1. The third-order valence-electron chi connectivity index (χ3n) is 5.39. The van der Waals surface area contributed by atoms with Crippen molar-refractivity contribution < 1.29 is 59.5 Å². The molecule has 0 spiro atoms. The molecule has 0 aliphatic carbocycles. The van der Waals surface area contributed by atoms with E-state index < -0.39 is 74.6 Å². The Morgan fingerprint density at radius 3 is 2.00 bits per heavy atom. The van der Waals surface area contributed by atoms with E-state index in [1.807, 2.05) is 0 Å². The molecule has 0 saturated carbocycles. The van der Waals surface area contributed by atoms with Crippen molar-refractivity contribution in [3.63, 3.8) is 0 Å². The lowest BCUT2D eigenvalue weighted by molar-refractivity contribution is -0.352. The summed E-state index contributed by atoms with van der Waals surface area (Å²) in [5.74, 6) is -0.0144. The highest BCUT2D eigenvalue weighted by Gasteiger charge is 2.51. The molecule has 186 valence electrons. The standard InChI is InChI=1S/C20H29NO12/c1-8(24)21-9-2-4-10(5-3-9)30-19-17(29)15(27)18(12(7-23)32-19)33-20-16(28)14(26)13(25)11(6-22)31-20/h2-5,11-20,22-23,25-29H,6-7H2,1H3,(H,21,24)/t11-,12-,13?,14?,15?,16-,17?,18-,19+,20+/m1/s1. The van der Waals surface area contributed by atoms with Crippen LogP contribution in [0, 0.1) is 0 Å². The molecule has 13 heteroatoms. The van der Waals surface area contributed by atoms with Gasteiger partial charge < -0.3 is 60.0 Å². The van der Waals surface area contributed by atoms with Crippen molar-refractivity contribution in [1.82, 2.24) is 0 Å². The van der Waals surface area contributed by atoms with Gasteiger partial charge in [0.1, 0.15) is 54.6 Å². The van der Waals surface area contributed by atoms with Crippen LogP contribution in [0.4, 0.5) is 5.69 Å². The van der Waals surface area contributed by atoms with Crippen LogP contribution in [0.1, 0.15) is 6.92 Å². The molecule has 1 amide bonds. The minimum absolute atomic E-state index is 0.241. The van der Waals surface area contributed by atoms with Gasteiger partial charge in [-0.05, 0) is 24.3 Å². The number of aliphatic hydroxyl groups excluding tert-OH is 7. The fourth-order valence-corrected chi connectivity index (χ4v) is 3.61. The Balaban J connectivity index is 1.68. The lowest BCUT2D eigenvalue weighted by atomic mass is 9.97. The van der Waals surface area contributed by atoms with Gasteiger partial charge in [-0.2, -0.15) is 0 Å². The van der Waals surface area contributed by atoms with E-state index >= 15 is 0 Å². The van der Waals surface area contributed by atoms with Crippen LogP contribution in [0.5, 0.6) is 5.75 Å².